The molecular weight excluding hydrogens is 459 g/mol. The molecule has 1 heterocycles. The molecule has 1 aromatic rings. The van der Waals surface area contributed by atoms with Crippen LogP contribution in [-0.2, 0) is 20.8 Å². The van der Waals surface area contributed by atoms with Crippen LogP contribution in [0.4, 0.5) is 13.2 Å². The van der Waals surface area contributed by atoms with Crippen molar-refractivity contribution >= 4 is 21.7 Å². The lowest BCUT2D eigenvalue weighted by molar-refractivity contribution is -0.137. The van der Waals surface area contributed by atoms with Gasteiger partial charge in [0, 0.05) is 36.9 Å². The average molecular weight is 492 g/mol. The average Bonchev–Trinajstić information content (AvgIpc) is 2.70. The number of hydrogen-bond donors (Lipinski definition) is 2. The molecule has 186 valence electrons. The molecule has 0 unspecified atom stereocenters. The van der Waals surface area contributed by atoms with Crippen LogP contribution in [0.15, 0.2) is 23.1 Å². The Hall–Kier alpha value is -2.14. The summed E-state index contributed by atoms with van der Waals surface area (Å²) in [7, 11) is -3.92. The first-order valence-electron chi connectivity index (χ1n) is 10.8. The molecule has 2 rings (SSSR count). The SMILES string of the molecule is CC(C)(C)C(=O)NCCN1CCC(CNC(=O)c2cc(C(F)(F)F)cc(S(C)(=O)=O)c2)CC1. The van der Waals surface area contributed by atoms with E-state index in [1.807, 2.05) is 20.8 Å². The molecule has 0 bridgehead atoms. The van der Waals surface area contributed by atoms with Gasteiger partial charge in [-0.05, 0) is 50.0 Å². The van der Waals surface area contributed by atoms with Crippen LogP contribution >= 0.6 is 0 Å². The third kappa shape index (κ3) is 8.29. The maximum absolute atomic E-state index is 13.1. The monoisotopic (exact) mass is 491 g/mol. The van der Waals surface area contributed by atoms with E-state index in [4.69, 9.17) is 0 Å². The molecule has 0 spiro atoms. The molecule has 0 saturated carbocycles. The Bertz CT molecular complexity index is 964. The second-order valence-electron chi connectivity index (χ2n) is 9.52. The maximum Gasteiger partial charge on any atom is 0.416 e. The summed E-state index contributed by atoms with van der Waals surface area (Å²) >= 11 is 0. The van der Waals surface area contributed by atoms with Gasteiger partial charge >= 0.3 is 6.18 Å². The van der Waals surface area contributed by atoms with Crippen molar-refractivity contribution in [3.05, 3.63) is 29.3 Å². The van der Waals surface area contributed by atoms with Crippen LogP contribution in [0.2, 0.25) is 0 Å². The lowest BCUT2D eigenvalue weighted by atomic mass is 9.95. The first-order valence-corrected chi connectivity index (χ1v) is 12.7. The number of halogens is 3. The maximum atomic E-state index is 13.1. The fourth-order valence-corrected chi connectivity index (χ4v) is 4.14. The van der Waals surface area contributed by atoms with Crippen LogP contribution in [-0.4, -0.2) is 64.1 Å². The number of nitrogens with one attached hydrogen (secondary N) is 2. The highest BCUT2D eigenvalue weighted by atomic mass is 32.2. The predicted molar refractivity (Wildman–Crippen MR) is 119 cm³/mol. The van der Waals surface area contributed by atoms with E-state index in [-0.39, 0.29) is 23.9 Å². The quantitative estimate of drug-likeness (QED) is 0.612. The Labute approximate surface area is 193 Å². The minimum absolute atomic E-state index is 0.00581. The summed E-state index contributed by atoms with van der Waals surface area (Å²) < 4.78 is 63.0. The Balaban J connectivity index is 1.88. The molecule has 33 heavy (non-hydrogen) atoms. The molecule has 1 aliphatic rings. The Morgan fingerprint density at radius 1 is 1.06 bits per heavy atom. The second-order valence-corrected chi connectivity index (χ2v) is 11.5. The molecule has 0 atom stereocenters. The number of benzene rings is 1. The minimum Gasteiger partial charge on any atom is -0.354 e. The van der Waals surface area contributed by atoms with Crippen molar-refractivity contribution in [1.82, 2.24) is 15.5 Å². The van der Waals surface area contributed by atoms with Crippen molar-refractivity contribution in [2.75, 3.05) is 39.0 Å². The van der Waals surface area contributed by atoms with Gasteiger partial charge in [-0.25, -0.2) is 8.42 Å². The lowest BCUT2D eigenvalue weighted by Gasteiger charge is -2.32. The van der Waals surface area contributed by atoms with Crippen LogP contribution in [0, 0.1) is 11.3 Å². The summed E-state index contributed by atoms with van der Waals surface area (Å²) in [6, 6.07) is 2.17. The number of piperidine rings is 1. The van der Waals surface area contributed by atoms with Gasteiger partial charge in [-0.15, -0.1) is 0 Å². The highest BCUT2D eigenvalue weighted by molar-refractivity contribution is 7.90. The molecule has 0 aromatic heterocycles. The van der Waals surface area contributed by atoms with Crippen LogP contribution in [0.3, 0.4) is 0 Å². The van der Waals surface area contributed by atoms with Crippen molar-refractivity contribution in [3.63, 3.8) is 0 Å². The van der Waals surface area contributed by atoms with Crippen LogP contribution in [0.1, 0.15) is 49.5 Å². The Morgan fingerprint density at radius 3 is 2.18 bits per heavy atom. The topological polar surface area (TPSA) is 95.6 Å². The third-order valence-electron chi connectivity index (χ3n) is 5.58. The fourth-order valence-electron chi connectivity index (χ4n) is 3.45. The van der Waals surface area contributed by atoms with Gasteiger partial charge in [-0.2, -0.15) is 13.2 Å². The summed E-state index contributed by atoms with van der Waals surface area (Å²) in [5, 5.41) is 5.55. The molecule has 1 saturated heterocycles. The van der Waals surface area contributed by atoms with Crippen molar-refractivity contribution in [2.24, 2.45) is 11.3 Å². The minimum atomic E-state index is -4.77. The van der Waals surface area contributed by atoms with Gasteiger partial charge in [0.25, 0.3) is 5.91 Å². The lowest BCUT2D eigenvalue weighted by Crippen LogP contribution is -2.43. The molecule has 11 heteroatoms. The number of carbonyl (C=O) groups is 2. The molecule has 0 radical (unpaired) electrons. The van der Waals surface area contributed by atoms with Crippen molar-refractivity contribution in [3.8, 4) is 0 Å². The molecule has 2 N–H and O–H groups in total. The van der Waals surface area contributed by atoms with Gasteiger partial charge < -0.3 is 15.5 Å². The number of amides is 2. The highest BCUT2D eigenvalue weighted by Crippen LogP contribution is 2.32. The summed E-state index contributed by atoms with van der Waals surface area (Å²) in [5.41, 5.74) is -1.95. The number of alkyl halides is 3. The number of hydrogen-bond acceptors (Lipinski definition) is 5. The van der Waals surface area contributed by atoms with Crippen LogP contribution < -0.4 is 10.6 Å². The van der Waals surface area contributed by atoms with Crippen molar-refractivity contribution in [1.29, 1.82) is 0 Å². The number of carbonyl (C=O) groups excluding carboxylic acids is 2. The molecule has 1 aliphatic heterocycles. The van der Waals surface area contributed by atoms with E-state index in [1.165, 1.54) is 0 Å². The smallest absolute Gasteiger partial charge is 0.354 e. The largest absolute Gasteiger partial charge is 0.416 e. The van der Waals surface area contributed by atoms with E-state index < -0.39 is 37.8 Å². The van der Waals surface area contributed by atoms with E-state index in [1.54, 1.807) is 0 Å². The third-order valence-corrected chi connectivity index (χ3v) is 6.67. The molecule has 0 aliphatic carbocycles. The molecular formula is C22H32F3N3O4S. The number of nitrogens with zero attached hydrogens (tertiary/aromatic N) is 1. The van der Waals surface area contributed by atoms with E-state index in [0.29, 0.717) is 18.7 Å². The Kier molecular flexibility index (Phi) is 8.56. The predicted octanol–water partition coefficient (Wildman–Crippen LogP) is 2.71. The number of sulfone groups is 1. The van der Waals surface area contributed by atoms with Gasteiger partial charge in [-0.3, -0.25) is 9.59 Å². The molecule has 2 amide bonds. The highest BCUT2D eigenvalue weighted by Gasteiger charge is 2.33. The van der Waals surface area contributed by atoms with Gasteiger partial charge in [0.1, 0.15) is 0 Å². The molecule has 1 aromatic carbocycles. The van der Waals surface area contributed by atoms with E-state index in [9.17, 15) is 31.2 Å². The zero-order valence-electron chi connectivity index (χ0n) is 19.4. The van der Waals surface area contributed by atoms with Gasteiger partial charge in [0.15, 0.2) is 9.84 Å². The number of likely N-dealkylation sites (tertiary alicyclic amines) is 1. The molecule has 1 fully saturated rings. The van der Waals surface area contributed by atoms with Gasteiger partial charge in [0.2, 0.25) is 5.91 Å². The number of rotatable bonds is 7. The summed E-state index contributed by atoms with van der Waals surface area (Å²) in [6.07, 6.45) is -2.38. The Morgan fingerprint density at radius 2 is 1.67 bits per heavy atom. The van der Waals surface area contributed by atoms with Crippen LogP contribution in [0.25, 0.3) is 0 Å². The summed E-state index contributed by atoms with van der Waals surface area (Å²) in [4.78, 5) is 26.1. The van der Waals surface area contributed by atoms with Gasteiger partial charge in [0.05, 0.1) is 10.5 Å². The fraction of sp³-hybridized carbons (Fsp3) is 0.636. The summed E-state index contributed by atoms with van der Waals surface area (Å²) in [6.45, 7) is 8.69. The summed E-state index contributed by atoms with van der Waals surface area (Å²) in [5.74, 6) is -0.582. The van der Waals surface area contributed by atoms with E-state index in [0.717, 1.165) is 44.8 Å². The van der Waals surface area contributed by atoms with Gasteiger partial charge in [-0.1, -0.05) is 20.8 Å². The standard InChI is InChI=1S/C22H32F3N3O4S/c1-21(2,3)20(30)26-7-10-28-8-5-15(6-9-28)14-27-19(29)16-11-17(22(23,24)25)13-18(12-16)33(4,31)32/h11-13,15H,5-10,14H2,1-4H3,(H,26,30)(H,27,29). The second kappa shape index (κ2) is 10.4. The zero-order chi connectivity index (χ0) is 25.0. The van der Waals surface area contributed by atoms with E-state index in [2.05, 4.69) is 15.5 Å². The molecule has 7 nitrogen and oxygen atoms in total. The van der Waals surface area contributed by atoms with Crippen molar-refractivity contribution in [2.45, 2.75) is 44.7 Å². The van der Waals surface area contributed by atoms with Crippen molar-refractivity contribution < 1.29 is 31.2 Å². The van der Waals surface area contributed by atoms with E-state index >= 15 is 0 Å². The normalized spacial score (nSPS) is 16.5. The zero-order valence-corrected chi connectivity index (χ0v) is 20.2. The first kappa shape index (κ1) is 27.1. The van der Waals surface area contributed by atoms with Crippen LogP contribution in [0.5, 0.6) is 0 Å². The first-order chi connectivity index (χ1) is 15.1.